The first kappa shape index (κ1) is 20.6. The highest BCUT2D eigenvalue weighted by Crippen LogP contribution is 2.29. The van der Waals surface area contributed by atoms with Crippen LogP contribution < -0.4 is 0 Å². The van der Waals surface area contributed by atoms with Crippen molar-refractivity contribution in [2.45, 2.75) is 32.5 Å². The number of nitrogens with zero attached hydrogens (tertiary/aromatic N) is 3. The van der Waals surface area contributed by atoms with E-state index in [-0.39, 0.29) is 17.5 Å². The summed E-state index contributed by atoms with van der Waals surface area (Å²) in [5, 5.41) is 3.95. The minimum absolute atomic E-state index is 0.152. The van der Waals surface area contributed by atoms with Gasteiger partial charge in [-0.05, 0) is 38.1 Å². The van der Waals surface area contributed by atoms with Crippen LogP contribution in [0.1, 0.15) is 35.7 Å². The van der Waals surface area contributed by atoms with E-state index in [1.807, 2.05) is 44.2 Å². The Morgan fingerprint density at radius 1 is 1.07 bits per heavy atom. The lowest BCUT2D eigenvalue weighted by atomic mass is 10.1. The monoisotopic (exact) mass is 403 g/mol. The van der Waals surface area contributed by atoms with Crippen molar-refractivity contribution in [3.05, 3.63) is 71.6 Å². The molecule has 0 atom stereocenters. The van der Waals surface area contributed by atoms with Gasteiger partial charge >= 0.3 is 6.18 Å². The van der Waals surface area contributed by atoms with E-state index in [9.17, 15) is 18.0 Å². The largest absolute Gasteiger partial charge is 0.416 e. The molecule has 3 rings (SSSR count). The zero-order valence-corrected chi connectivity index (χ0v) is 16.0. The van der Waals surface area contributed by atoms with E-state index in [0.717, 1.165) is 17.7 Å². The third kappa shape index (κ3) is 5.01. The number of amides is 1. The molecular formula is C21H20F3N3O2. The SMILES string of the molecule is CC(C)N(CCc1nc(-c2ccccc2)no1)C(=O)c1ccc(C(F)(F)F)cc1. The van der Waals surface area contributed by atoms with E-state index < -0.39 is 11.7 Å². The Morgan fingerprint density at radius 3 is 2.31 bits per heavy atom. The van der Waals surface area contributed by atoms with E-state index in [2.05, 4.69) is 10.1 Å². The van der Waals surface area contributed by atoms with Crippen molar-refractivity contribution >= 4 is 5.91 Å². The summed E-state index contributed by atoms with van der Waals surface area (Å²) in [5.41, 5.74) is 0.232. The molecule has 0 saturated heterocycles. The molecule has 2 aromatic carbocycles. The molecule has 0 aliphatic carbocycles. The third-order valence-corrected chi connectivity index (χ3v) is 4.41. The van der Waals surface area contributed by atoms with Gasteiger partial charge in [0.15, 0.2) is 0 Å². The quantitative estimate of drug-likeness (QED) is 0.590. The molecule has 1 aromatic heterocycles. The molecule has 0 aliphatic heterocycles. The van der Waals surface area contributed by atoms with Crippen LogP contribution in [0.25, 0.3) is 11.4 Å². The molecule has 0 radical (unpaired) electrons. The maximum atomic E-state index is 12.8. The van der Waals surface area contributed by atoms with Crippen molar-refractivity contribution in [1.82, 2.24) is 15.0 Å². The van der Waals surface area contributed by atoms with Gasteiger partial charge in [-0.15, -0.1) is 0 Å². The van der Waals surface area contributed by atoms with Crippen LogP contribution in [0.15, 0.2) is 59.1 Å². The number of carbonyl (C=O) groups is 1. The molecule has 152 valence electrons. The molecule has 0 saturated carbocycles. The van der Waals surface area contributed by atoms with Gasteiger partial charge in [0.05, 0.1) is 5.56 Å². The molecule has 0 aliphatic rings. The van der Waals surface area contributed by atoms with Gasteiger partial charge in [0.2, 0.25) is 11.7 Å². The summed E-state index contributed by atoms with van der Waals surface area (Å²) in [4.78, 5) is 18.7. The second-order valence-electron chi connectivity index (χ2n) is 6.80. The van der Waals surface area contributed by atoms with Crippen LogP contribution in [0.4, 0.5) is 13.2 Å². The highest BCUT2D eigenvalue weighted by molar-refractivity contribution is 5.94. The molecule has 1 heterocycles. The van der Waals surface area contributed by atoms with Gasteiger partial charge in [0.25, 0.3) is 5.91 Å². The average Bonchev–Trinajstić information content (AvgIpc) is 3.17. The first-order valence-corrected chi connectivity index (χ1v) is 9.12. The highest BCUT2D eigenvalue weighted by atomic mass is 19.4. The summed E-state index contributed by atoms with van der Waals surface area (Å²) in [7, 11) is 0. The summed E-state index contributed by atoms with van der Waals surface area (Å²) in [5.74, 6) is 0.497. The van der Waals surface area contributed by atoms with Crippen LogP contribution in [0.5, 0.6) is 0 Å². The molecule has 5 nitrogen and oxygen atoms in total. The van der Waals surface area contributed by atoms with Crippen molar-refractivity contribution in [2.24, 2.45) is 0 Å². The Labute approximate surface area is 166 Å². The first-order chi connectivity index (χ1) is 13.8. The first-order valence-electron chi connectivity index (χ1n) is 9.12. The van der Waals surface area contributed by atoms with Crippen molar-refractivity contribution in [3.63, 3.8) is 0 Å². The summed E-state index contributed by atoms with van der Waals surface area (Å²) >= 11 is 0. The smallest absolute Gasteiger partial charge is 0.339 e. The molecule has 29 heavy (non-hydrogen) atoms. The second kappa shape index (κ2) is 8.46. The summed E-state index contributed by atoms with van der Waals surface area (Å²) in [6.07, 6.45) is -4.10. The van der Waals surface area contributed by atoms with E-state index >= 15 is 0 Å². The van der Waals surface area contributed by atoms with Gasteiger partial charge in [-0.1, -0.05) is 35.5 Å². The van der Waals surface area contributed by atoms with Gasteiger partial charge in [-0.3, -0.25) is 4.79 Å². The molecule has 0 N–H and O–H groups in total. The van der Waals surface area contributed by atoms with Crippen LogP contribution in [-0.4, -0.2) is 33.5 Å². The Balaban J connectivity index is 1.69. The Morgan fingerprint density at radius 2 is 1.72 bits per heavy atom. The van der Waals surface area contributed by atoms with E-state index in [4.69, 9.17) is 4.52 Å². The van der Waals surface area contributed by atoms with Gasteiger partial charge < -0.3 is 9.42 Å². The minimum atomic E-state index is -4.44. The number of rotatable bonds is 6. The number of halogens is 3. The second-order valence-corrected chi connectivity index (χ2v) is 6.80. The molecule has 0 spiro atoms. The van der Waals surface area contributed by atoms with Crippen molar-refractivity contribution in [3.8, 4) is 11.4 Å². The lowest BCUT2D eigenvalue weighted by Crippen LogP contribution is -2.38. The normalized spacial score (nSPS) is 11.7. The van der Waals surface area contributed by atoms with Crippen molar-refractivity contribution < 1.29 is 22.5 Å². The van der Waals surface area contributed by atoms with Crippen LogP contribution >= 0.6 is 0 Å². The average molecular weight is 403 g/mol. The fourth-order valence-corrected chi connectivity index (χ4v) is 2.84. The number of hydrogen-bond acceptors (Lipinski definition) is 4. The van der Waals surface area contributed by atoms with Crippen LogP contribution in [0.3, 0.4) is 0 Å². The third-order valence-electron chi connectivity index (χ3n) is 4.41. The van der Waals surface area contributed by atoms with Crippen LogP contribution in [-0.2, 0) is 12.6 Å². The Hall–Kier alpha value is -3.16. The number of alkyl halides is 3. The lowest BCUT2D eigenvalue weighted by Gasteiger charge is -2.26. The van der Waals surface area contributed by atoms with Gasteiger partial charge in [0.1, 0.15) is 0 Å². The van der Waals surface area contributed by atoms with Crippen molar-refractivity contribution in [1.29, 1.82) is 0 Å². The molecule has 3 aromatic rings. The fourth-order valence-electron chi connectivity index (χ4n) is 2.84. The predicted octanol–water partition coefficient (Wildman–Crippen LogP) is 4.85. The van der Waals surface area contributed by atoms with Gasteiger partial charge in [-0.2, -0.15) is 18.2 Å². The van der Waals surface area contributed by atoms with Crippen molar-refractivity contribution in [2.75, 3.05) is 6.54 Å². The highest BCUT2D eigenvalue weighted by Gasteiger charge is 2.30. The predicted molar refractivity (Wildman–Crippen MR) is 101 cm³/mol. The summed E-state index contributed by atoms with van der Waals surface area (Å²) in [6, 6.07) is 13.4. The minimum Gasteiger partial charge on any atom is -0.339 e. The van der Waals surface area contributed by atoms with Crippen LogP contribution in [0.2, 0.25) is 0 Å². The zero-order valence-electron chi connectivity index (χ0n) is 16.0. The standard InChI is InChI=1S/C21H20F3N3O2/c1-14(2)27(20(28)16-8-10-17(11-9-16)21(22,23)24)13-12-18-25-19(26-29-18)15-6-4-3-5-7-15/h3-11,14H,12-13H2,1-2H3. The lowest BCUT2D eigenvalue weighted by molar-refractivity contribution is -0.137. The van der Waals surface area contributed by atoms with Crippen LogP contribution in [0, 0.1) is 0 Å². The number of benzene rings is 2. The Kier molecular flexibility index (Phi) is 6.00. The number of aromatic nitrogens is 2. The van der Waals surface area contributed by atoms with E-state index in [1.165, 1.54) is 12.1 Å². The molecule has 0 fully saturated rings. The Bertz CT molecular complexity index is 951. The topological polar surface area (TPSA) is 59.2 Å². The molecular weight excluding hydrogens is 383 g/mol. The van der Waals surface area contributed by atoms with E-state index in [1.54, 1.807) is 4.90 Å². The molecule has 0 unspecified atom stereocenters. The zero-order chi connectivity index (χ0) is 21.0. The molecule has 8 heteroatoms. The maximum Gasteiger partial charge on any atom is 0.416 e. The summed E-state index contributed by atoms with van der Waals surface area (Å²) in [6.45, 7) is 3.98. The van der Waals surface area contributed by atoms with Gasteiger partial charge in [0, 0.05) is 30.1 Å². The van der Waals surface area contributed by atoms with E-state index in [0.29, 0.717) is 24.7 Å². The summed E-state index contributed by atoms with van der Waals surface area (Å²) < 4.78 is 43.4. The molecule has 0 bridgehead atoms. The maximum absolute atomic E-state index is 12.8. The van der Waals surface area contributed by atoms with Gasteiger partial charge in [-0.25, -0.2) is 0 Å². The fraction of sp³-hybridized carbons (Fsp3) is 0.286. The number of carbonyl (C=O) groups excluding carboxylic acids is 1. The number of hydrogen-bond donors (Lipinski definition) is 0. The molecule has 1 amide bonds.